The Kier molecular flexibility index (Phi) is 2.94. The standard InChI is InChI=1S/C15H26O/c1-11(2)12-6-9-14(3)7-5-8-15(4,16)13(14)10-12/h12-13,16H,1,5-10H2,2-4H3/t12-,13+,14-,15-/m1/s1. The van der Waals surface area contributed by atoms with E-state index >= 15 is 0 Å². The molecule has 2 fully saturated rings. The fourth-order valence-corrected chi connectivity index (χ4v) is 4.14. The van der Waals surface area contributed by atoms with E-state index in [1.54, 1.807) is 0 Å². The van der Waals surface area contributed by atoms with Gasteiger partial charge < -0.3 is 5.11 Å². The molecule has 0 aliphatic heterocycles. The molecular formula is C15H26O. The molecule has 1 nitrogen and oxygen atoms in total. The van der Waals surface area contributed by atoms with E-state index in [2.05, 4.69) is 27.4 Å². The van der Waals surface area contributed by atoms with Gasteiger partial charge in [0.25, 0.3) is 0 Å². The maximum Gasteiger partial charge on any atom is 0.0653 e. The minimum atomic E-state index is -0.443. The molecule has 16 heavy (non-hydrogen) atoms. The molecule has 0 spiro atoms. The first-order valence-electron chi connectivity index (χ1n) is 6.73. The fraction of sp³-hybridized carbons (Fsp3) is 0.867. The van der Waals surface area contributed by atoms with Crippen LogP contribution in [0.2, 0.25) is 0 Å². The van der Waals surface area contributed by atoms with E-state index in [0.717, 1.165) is 12.8 Å². The van der Waals surface area contributed by atoms with E-state index in [-0.39, 0.29) is 0 Å². The molecule has 0 amide bonds. The summed E-state index contributed by atoms with van der Waals surface area (Å²) < 4.78 is 0. The molecule has 2 aliphatic rings. The van der Waals surface area contributed by atoms with Gasteiger partial charge in [0.15, 0.2) is 0 Å². The van der Waals surface area contributed by atoms with Crippen LogP contribution in [-0.2, 0) is 0 Å². The zero-order valence-electron chi connectivity index (χ0n) is 11.1. The van der Waals surface area contributed by atoms with Crippen LogP contribution in [0.15, 0.2) is 12.2 Å². The Morgan fingerprint density at radius 1 is 1.25 bits per heavy atom. The predicted molar refractivity (Wildman–Crippen MR) is 68.2 cm³/mol. The molecule has 0 aromatic heterocycles. The molecule has 92 valence electrons. The van der Waals surface area contributed by atoms with Gasteiger partial charge in [0.2, 0.25) is 0 Å². The molecule has 0 unspecified atom stereocenters. The van der Waals surface area contributed by atoms with Crippen molar-refractivity contribution in [3.05, 3.63) is 12.2 Å². The molecule has 2 rings (SSSR count). The van der Waals surface area contributed by atoms with E-state index in [1.165, 1.54) is 31.3 Å². The Morgan fingerprint density at radius 3 is 2.56 bits per heavy atom. The van der Waals surface area contributed by atoms with Gasteiger partial charge in [-0.1, -0.05) is 25.5 Å². The van der Waals surface area contributed by atoms with Crippen LogP contribution < -0.4 is 0 Å². The average Bonchev–Trinajstić information content (AvgIpc) is 2.15. The molecule has 2 aliphatic carbocycles. The number of fused-ring (bicyclic) bond motifs is 1. The van der Waals surface area contributed by atoms with Crippen molar-refractivity contribution in [2.24, 2.45) is 17.3 Å². The second-order valence-electron chi connectivity index (χ2n) is 6.73. The van der Waals surface area contributed by atoms with Crippen LogP contribution in [0.4, 0.5) is 0 Å². The lowest BCUT2D eigenvalue weighted by atomic mass is 9.53. The second kappa shape index (κ2) is 3.87. The van der Waals surface area contributed by atoms with Gasteiger partial charge in [0.1, 0.15) is 0 Å². The second-order valence-corrected chi connectivity index (χ2v) is 6.73. The van der Waals surface area contributed by atoms with E-state index in [1.807, 2.05) is 0 Å². The molecule has 0 heterocycles. The van der Waals surface area contributed by atoms with Gasteiger partial charge in [0, 0.05) is 0 Å². The highest BCUT2D eigenvalue weighted by molar-refractivity contribution is 5.07. The smallest absolute Gasteiger partial charge is 0.0653 e. The number of allylic oxidation sites excluding steroid dienone is 1. The molecule has 0 saturated heterocycles. The van der Waals surface area contributed by atoms with Gasteiger partial charge in [-0.25, -0.2) is 0 Å². The molecule has 2 saturated carbocycles. The highest BCUT2D eigenvalue weighted by Gasteiger charge is 2.50. The Bertz CT molecular complexity index is 292. The first kappa shape index (κ1) is 12.2. The van der Waals surface area contributed by atoms with Crippen LogP contribution in [-0.4, -0.2) is 10.7 Å². The molecule has 1 heteroatoms. The Hall–Kier alpha value is -0.300. The molecule has 0 aromatic rings. The predicted octanol–water partition coefficient (Wildman–Crippen LogP) is 3.92. The van der Waals surface area contributed by atoms with Crippen molar-refractivity contribution in [1.29, 1.82) is 0 Å². The molecule has 0 aromatic carbocycles. The van der Waals surface area contributed by atoms with Crippen molar-refractivity contribution >= 4 is 0 Å². The lowest BCUT2D eigenvalue weighted by Crippen LogP contribution is -2.51. The zero-order chi connectivity index (χ0) is 12.0. The van der Waals surface area contributed by atoms with Crippen LogP contribution in [0.1, 0.15) is 59.3 Å². The Labute approximate surface area is 99.9 Å². The number of aliphatic hydroxyl groups is 1. The van der Waals surface area contributed by atoms with Crippen molar-refractivity contribution in [3.8, 4) is 0 Å². The molecule has 0 radical (unpaired) electrons. The molecule has 4 atom stereocenters. The summed E-state index contributed by atoms with van der Waals surface area (Å²) in [4.78, 5) is 0. The van der Waals surface area contributed by atoms with Gasteiger partial charge in [-0.05, 0) is 63.2 Å². The quantitative estimate of drug-likeness (QED) is 0.667. The van der Waals surface area contributed by atoms with E-state index in [4.69, 9.17) is 0 Å². The maximum atomic E-state index is 10.6. The summed E-state index contributed by atoms with van der Waals surface area (Å²) in [6.07, 6.45) is 7.17. The lowest BCUT2D eigenvalue weighted by molar-refractivity contribution is -0.120. The van der Waals surface area contributed by atoms with Crippen molar-refractivity contribution in [2.45, 2.75) is 64.9 Å². The fourth-order valence-electron chi connectivity index (χ4n) is 4.14. The summed E-state index contributed by atoms with van der Waals surface area (Å²) in [7, 11) is 0. The Morgan fingerprint density at radius 2 is 1.94 bits per heavy atom. The average molecular weight is 222 g/mol. The summed E-state index contributed by atoms with van der Waals surface area (Å²) in [5, 5.41) is 10.6. The van der Waals surface area contributed by atoms with E-state index in [0.29, 0.717) is 17.3 Å². The SMILES string of the molecule is C=C(C)[C@@H]1CC[C@@]2(C)CCC[C@@](C)(O)[C@H]2C1. The van der Waals surface area contributed by atoms with Crippen molar-refractivity contribution in [1.82, 2.24) is 0 Å². The highest BCUT2D eigenvalue weighted by atomic mass is 16.3. The van der Waals surface area contributed by atoms with Crippen molar-refractivity contribution in [2.75, 3.05) is 0 Å². The largest absolute Gasteiger partial charge is 0.390 e. The third-order valence-electron chi connectivity index (χ3n) is 5.30. The Balaban J connectivity index is 2.21. The molecular weight excluding hydrogens is 196 g/mol. The minimum Gasteiger partial charge on any atom is -0.390 e. The minimum absolute atomic E-state index is 0.383. The van der Waals surface area contributed by atoms with E-state index in [9.17, 15) is 5.11 Å². The van der Waals surface area contributed by atoms with E-state index < -0.39 is 5.60 Å². The third kappa shape index (κ3) is 1.95. The lowest BCUT2D eigenvalue weighted by Gasteiger charge is -2.54. The maximum absolute atomic E-state index is 10.6. The summed E-state index contributed by atoms with van der Waals surface area (Å²) in [6, 6.07) is 0. The van der Waals surface area contributed by atoms with Gasteiger partial charge in [-0.3, -0.25) is 0 Å². The number of hydrogen-bond acceptors (Lipinski definition) is 1. The van der Waals surface area contributed by atoms with Gasteiger partial charge >= 0.3 is 0 Å². The van der Waals surface area contributed by atoms with Crippen LogP contribution >= 0.6 is 0 Å². The van der Waals surface area contributed by atoms with Crippen LogP contribution in [0, 0.1) is 17.3 Å². The first-order valence-corrected chi connectivity index (χ1v) is 6.73. The molecule has 0 bridgehead atoms. The normalized spacial score (nSPS) is 48.5. The zero-order valence-corrected chi connectivity index (χ0v) is 11.1. The monoisotopic (exact) mass is 222 g/mol. The third-order valence-corrected chi connectivity index (χ3v) is 5.30. The van der Waals surface area contributed by atoms with Crippen LogP contribution in [0.3, 0.4) is 0 Å². The van der Waals surface area contributed by atoms with Crippen molar-refractivity contribution < 1.29 is 5.11 Å². The summed E-state index contributed by atoms with van der Waals surface area (Å²) in [6.45, 7) is 10.7. The summed E-state index contributed by atoms with van der Waals surface area (Å²) in [5.74, 6) is 1.12. The van der Waals surface area contributed by atoms with Crippen molar-refractivity contribution in [3.63, 3.8) is 0 Å². The first-order chi connectivity index (χ1) is 7.35. The van der Waals surface area contributed by atoms with Gasteiger partial charge in [0.05, 0.1) is 5.60 Å². The van der Waals surface area contributed by atoms with Gasteiger partial charge in [-0.2, -0.15) is 0 Å². The summed E-state index contributed by atoms with van der Waals surface area (Å²) >= 11 is 0. The van der Waals surface area contributed by atoms with Crippen LogP contribution in [0.5, 0.6) is 0 Å². The van der Waals surface area contributed by atoms with Gasteiger partial charge in [-0.15, -0.1) is 0 Å². The number of rotatable bonds is 1. The highest BCUT2D eigenvalue weighted by Crippen LogP contribution is 2.56. The van der Waals surface area contributed by atoms with Crippen LogP contribution in [0.25, 0.3) is 0 Å². The number of hydrogen-bond donors (Lipinski definition) is 1. The summed E-state index contributed by atoms with van der Waals surface area (Å²) in [5.41, 5.74) is 1.25. The molecule has 1 N–H and O–H groups in total. The topological polar surface area (TPSA) is 20.2 Å².